The van der Waals surface area contributed by atoms with Crippen molar-refractivity contribution in [2.45, 2.75) is 46.1 Å². The lowest BCUT2D eigenvalue weighted by atomic mass is 9.96. The average molecular weight is 313 g/mol. The third-order valence-electron chi connectivity index (χ3n) is 4.44. The molecular formula is C16H29ClN4. The molecule has 5 heteroatoms. The van der Waals surface area contributed by atoms with Crippen LogP contribution in [0.1, 0.15) is 44.5 Å². The summed E-state index contributed by atoms with van der Waals surface area (Å²) >= 11 is 6.44. The van der Waals surface area contributed by atoms with Gasteiger partial charge >= 0.3 is 0 Å². The molecule has 120 valence electrons. The maximum atomic E-state index is 6.44. The van der Waals surface area contributed by atoms with Crippen molar-refractivity contribution >= 4 is 11.6 Å². The fourth-order valence-electron chi connectivity index (χ4n) is 3.04. The monoisotopic (exact) mass is 312 g/mol. The largest absolute Gasteiger partial charge is 0.316 e. The number of aromatic nitrogens is 2. The first-order valence-corrected chi connectivity index (χ1v) is 8.66. The number of nitrogens with zero attached hydrogens (tertiary/aromatic N) is 3. The number of piperidine rings is 1. The molecule has 0 aromatic carbocycles. The first-order chi connectivity index (χ1) is 10.2. The molecule has 1 fully saturated rings. The van der Waals surface area contributed by atoms with Gasteiger partial charge in [-0.25, -0.2) is 0 Å². The Bertz CT molecular complexity index is 436. The minimum absolute atomic E-state index is 0.834. The lowest BCUT2D eigenvalue weighted by Gasteiger charge is -2.32. The molecule has 0 spiro atoms. The number of likely N-dealkylation sites (tertiary alicyclic amines) is 1. The van der Waals surface area contributed by atoms with Crippen molar-refractivity contribution in [3.8, 4) is 0 Å². The summed E-state index contributed by atoms with van der Waals surface area (Å²) in [5, 5.41) is 8.92. The number of rotatable bonds is 7. The first-order valence-electron chi connectivity index (χ1n) is 8.29. The summed E-state index contributed by atoms with van der Waals surface area (Å²) in [4.78, 5) is 2.51. The maximum absolute atomic E-state index is 6.44. The van der Waals surface area contributed by atoms with Crippen LogP contribution in [0.15, 0.2) is 0 Å². The lowest BCUT2D eigenvalue weighted by Crippen LogP contribution is -2.37. The minimum Gasteiger partial charge on any atom is -0.316 e. The molecular weight excluding hydrogens is 284 g/mol. The Morgan fingerprint density at radius 3 is 2.57 bits per heavy atom. The molecule has 0 radical (unpaired) electrons. The van der Waals surface area contributed by atoms with Gasteiger partial charge in [0, 0.05) is 13.6 Å². The van der Waals surface area contributed by atoms with Crippen molar-refractivity contribution in [3.05, 3.63) is 16.4 Å². The van der Waals surface area contributed by atoms with Crippen molar-refractivity contribution in [2.75, 3.05) is 26.2 Å². The van der Waals surface area contributed by atoms with Gasteiger partial charge in [-0.3, -0.25) is 9.58 Å². The molecule has 1 saturated heterocycles. The van der Waals surface area contributed by atoms with Gasteiger partial charge in [0.05, 0.1) is 16.4 Å². The van der Waals surface area contributed by atoms with Crippen LogP contribution in [-0.2, 0) is 20.0 Å². The topological polar surface area (TPSA) is 33.1 Å². The van der Waals surface area contributed by atoms with Gasteiger partial charge in [-0.1, -0.05) is 25.4 Å². The fraction of sp³-hybridized carbons (Fsp3) is 0.812. The van der Waals surface area contributed by atoms with Gasteiger partial charge in [-0.05, 0) is 57.8 Å². The van der Waals surface area contributed by atoms with Gasteiger partial charge in [-0.2, -0.15) is 5.10 Å². The molecule has 0 bridgehead atoms. The molecule has 1 aromatic rings. The summed E-state index contributed by atoms with van der Waals surface area (Å²) in [6.45, 7) is 9.91. The van der Waals surface area contributed by atoms with E-state index in [4.69, 9.17) is 11.6 Å². The van der Waals surface area contributed by atoms with E-state index >= 15 is 0 Å². The van der Waals surface area contributed by atoms with Gasteiger partial charge in [0.25, 0.3) is 0 Å². The zero-order valence-corrected chi connectivity index (χ0v) is 14.4. The normalized spacial score (nSPS) is 17.5. The molecule has 0 aliphatic carbocycles. The fourth-order valence-corrected chi connectivity index (χ4v) is 3.39. The van der Waals surface area contributed by atoms with E-state index in [-0.39, 0.29) is 0 Å². The summed E-state index contributed by atoms with van der Waals surface area (Å²) in [6.07, 6.45) is 4.69. The number of hydrogen-bond donors (Lipinski definition) is 1. The van der Waals surface area contributed by atoms with Crippen molar-refractivity contribution in [2.24, 2.45) is 13.0 Å². The summed E-state index contributed by atoms with van der Waals surface area (Å²) in [6, 6.07) is 0. The zero-order chi connectivity index (χ0) is 15.2. The van der Waals surface area contributed by atoms with Crippen LogP contribution in [-0.4, -0.2) is 40.9 Å². The van der Waals surface area contributed by atoms with Crippen molar-refractivity contribution < 1.29 is 0 Å². The van der Waals surface area contributed by atoms with Crippen LogP contribution in [0.3, 0.4) is 0 Å². The maximum Gasteiger partial charge on any atom is 0.0863 e. The highest BCUT2D eigenvalue weighted by atomic mass is 35.5. The van der Waals surface area contributed by atoms with Crippen LogP contribution in [0.4, 0.5) is 0 Å². The van der Waals surface area contributed by atoms with Gasteiger partial charge in [0.1, 0.15) is 0 Å². The van der Waals surface area contributed by atoms with Gasteiger partial charge in [0.2, 0.25) is 0 Å². The van der Waals surface area contributed by atoms with Crippen LogP contribution in [0.5, 0.6) is 0 Å². The van der Waals surface area contributed by atoms with E-state index in [1.165, 1.54) is 38.9 Å². The van der Waals surface area contributed by atoms with Crippen molar-refractivity contribution in [1.82, 2.24) is 20.0 Å². The SMILES string of the molecule is CCCNCC1CCN(Cc2c(Cl)c(CC)nn2C)CC1. The number of nitrogens with one attached hydrogen (secondary N) is 1. The molecule has 0 saturated carbocycles. The Kier molecular flexibility index (Phi) is 6.52. The van der Waals surface area contributed by atoms with Crippen LogP contribution in [0, 0.1) is 5.92 Å². The Balaban J connectivity index is 1.82. The summed E-state index contributed by atoms with van der Waals surface area (Å²) in [5.74, 6) is 0.834. The van der Waals surface area contributed by atoms with E-state index in [9.17, 15) is 0 Å². The molecule has 0 atom stereocenters. The Labute approximate surface area is 133 Å². The first kappa shape index (κ1) is 16.8. The average Bonchev–Trinajstić information content (AvgIpc) is 2.76. The zero-order valence-electron chi connectivity index (χ0n) is 13.7. The smallest absolute Gasteiger partial charge is 0.0863 e. The predicted molar refractivity (Wildman–Crippen MR) is 88.8 cm³/mol. The summed E-state index contributed by atoms with van der Waals surface area (Å²) in [5.41, 5.74) is 2.18. The lowest BCUT2D eigenvalue weighted by molar-refractivity contribution is 0.172. The summed E-state index contributed by atoms with van der Waals surface area (Å²) < 4.78 is 1.95. The van der Waals surface area contributed by atoms with Gasteiger partial charge < -0.3 is 5.32 Å². The molecule has 0 unspecified atom stereocenters. The van der Waals surface area contributed by atoms with Crippen molar-refractivity contribution in [1.29, 1.82) is 0 Å². The number of hydrogen-bond acceptors (Lipinski definition) is 3. The molecule has 4 nitrogen and oxygen atoms in total. The van der Waals surface area contributed by atoms with Crippen LogP contribution in [0.2, 0.25) is 5.02 Å². The Hall–Kier alpha value is -0.580. The molecule has 21 heavy (non-hydrogen) atoms. The molecule has 1 aromatic heterocycles. The van der Waals surface area contributed by atoms with Crippen LogP contribution >= 0.6 is 11.6 Å². The number of aryl methyl sites for hydroxylation is 2. The van der Waals surface area contributed by atoms with Crippen LogP contribution in [0.25, 0.3) is 0 Å². The van der Waals surface area contributed by atoms with Gasteiger partial charge in [-0.15, -0.1) is 0 Å². The highest BCUT2D eigenvalue weighted by molar-refractivity contribution is 6.31. The Morgan fingerprint density at radius 2 is 2.00 bits per heavy atom. The molecule has 1 aliphatic heterocycles. The second kappa shape index (κ2) is 8.16. The third kappa shape index (κ3) is 4.44. The van der Waals surface area contributed by atoms with Crippen molar-refractivity contribution in [3.63, 3.8) is 0 Å². The molecule has 0 amide bonds. The molecule has 2 heterocycles. The highest BCUT2D eigenvalue weighted by Gasteiger charge is 2.21. The van der Waals surface area contributed by atoms with Crippen LogP contribution < -0.4 is 5.32 Å². The van der Waals surface area contributed by atoms with E-state index in [1.807, 2.05) is 11.7 Å². The van der Waals surface area contributed by atoms with E-state index in [0.717, 1.165) is 41.8 Å². The predicted octanol–water partition coefficient (Wildman–Crippen LogP) is 2.85. The molecule has 1 N–H and O–H groups in total. The van der Waals surface area contributed by atoms with E-state index < -0.39 is 0 Å². The van der Waals surface area contributed by atoms with E-state index in [0.29, 0.717) is 0 Å². The second-order valence-corrected chi connectivity index (χ2v) is 6.49. The minimum atomic E-state index is 0.834. The van der Waals surface area contributed by atoms with E-state index in [1.54, 1.807) is 0 Å². The van der Waals surface area contributed by atoms with Gasteiger partial charge in [0.15, 0.2) is 0 Å². The Morgan fingerprint density at radius 1 is 1.29 bits per heavy atom. The second-order valence-electron chi connectivity index (χ2n) is 6.11. The standard InChI is InChI=1S/C16H29ClN4/c1-4-8-18-11-13-6-9-21(10-7-13)12-15-16(17)14(5-2)19-20(15)3/h13,18H,4-12H2,1-3H3. The quantitative estimate of drug-likeness (QED) is 0.786. The summed E-state index contributed by atoms with van der Waals surface area (Å²) in [7, 11) is 2.00. The third-order valence-corrected chi connectivity index (χ3v) is 4.88. The highest BCUT2D eigenvalue weighted by Crippen LogP contribution is 2.24. The number of halogens is 1. The molecule has 2 rings (SSSR count). The molecule has 1 aliphatic rings. The van der Waals surface area contributed by atoms with E-state index in [2.05, 4.69) is 29.2 Å².